The number of nitrogens with zero attached hydrogens (tertiary/aromatic N) is 2. The maximum absolute atomic E-state index is 11.4. The van der Waals surface area contributed by atoms with Crippen LogP contribution in [0, 0.1) is 0 Å². The van der Waals surface area contributed by atoms with Gasteiger partial charge < -0.3 is 15.0 Å². The minimum Gasteiger partial charge on any atom is -0.460 e. The maximum atomic E-state index is 11.4. The lowest BCUT2D eigenvalue weighted by Crippen LogP contribution is -2.06. The first kappa shape index (κ1) is 13.6. The number of nitrogen functional groups attached to an aromatic ring is 1. The van der Waals surface area contributed by atoms with Gasteiger partial charge in [-0.3, -0.25) is 0 Å². The fraction of sp³-hybridized carbons (Fsp3) is 0.182. The van der Waals surface area contributed by atoms with Crippen LogP contribution >= 0.6 is 23.2 Å². The number of halogens is 2. The molecule has 0 atom stereocenters. The maximum Gasteiger partial charge on any atom is 0.379 e. The minimum absolute atomic E-state index is 0.104. The number of carbonyl (C=O) groups excluding carboxylic acids is 1. The van der Waals surface area contributed by atoms with Crippen LogP contribution in [0.4, 0.5) is 5.69 Å². The standard InChI is InChI=1S/C11H9Cl2N3O3/c1-2-18-11(17)9-15-10(19-16-9)5-3-6(12)8(14)7(13)4-5/h3-4H,2,14H2,1H3. The van der Waals surface area contributed by atoms with E-state index < -0.39 is 5.97 Å². The number of aromatic nitrogens is 2. The normalized spacial score (nSPS) is 10.5. The van der Waals surface area contributed by atoms with Crippen LogP contribution in [-0.4, -0.2) is 22.7 Å². The summed E-state index contributed by atoms with van der Waals surface area (Å²) < 4.78 is 9.70. The zero-order valence-corrected chi connectivity index (χ0v) is 11.3. The van der Waals surface area contributed by atoms with E-state index in [1.54, 1.807) is 6.92 Å². The van der Waals surface area contributed by atoms with Crippen molar-refractivity contribution in [3.05, 3.63) is 28.0 Å². The Morgan fingerprint density at radius 1 is 1.42 bits per heavy atom. The van der Waals surface area contributed by atoms with Gasteiger partial charge in [-0.05, 0) is 24.2 Å². The molecule has 0 aliphatic heterocycles. The monoisotopic (exact) mass is 301 g/mol. The molecule has 1 aromatic carbocycles. The number of carbonyl (C=O) groups is 1. The van der Waals surface area contributed by atoms with Crippen molar-refractivity contribution in [2.75, 3.05) is 12.3 Å². The highest BCUT2D eigenvalue weighted by atomic mass is 35.5. The van der Waals surface area contributed by atoms with Crippen molar-refractivity contribution in [1.82, 2.24) is 10.1 Å². The quantitative estimate of drug-likeness (QED) is 0.692. The van der Waals surface area contributed by atoms with Crippen LogP contribution in [-0.2, 0) is 4.74 Å². The third-order valence-corrected chi connectivity index (χ3v) is 2.84. The zero-order valence-electron chi connectivity index (χ0n) is 9.81. The number of esters is 1. The molecule has 2 N–H and O–H groups in total. The van der Waals surface area contributed by atoms with Crippen LogP contribution in [0.25, 0.3) is 11.5 Å². The SMILES string of the molecule is CCOC(=O)c1noc(-c2cc(Cl)c(N)c(Cl)c2)n1. The molecule has 2 aromatic rings. The van der Waals surface area contributed by atoms with Crippen LogP contribution < -0.4 is 5.73 Å². The van der Waals surface area contributed by atoms with Crippen molar-refractivity contribution in [3.63, 3.8) is 0 Å². The molecule has 1 heterocycles. The highest BCUT2D eigenvalue weighted by molar-refractivity contribution is 6.39. The van der Waals surface area contributed by atoms with E-state index in [4.69, 9.17) is 38.2 Å². The third-order valence-electron chi connectivity index (χ3n) is 2.21. The second-order valence-corrected chi connectivity index (χ2v) is 4.31. The van der Waals surface area contributed by atoms with E-state index in [0.29, 0.717) is 5.56 Å². The number of rotatable bonds is 3. The Bertz CT molecular complexity index is 604. The average molecular weight is 302 g/mol. The molecule has 19 heavy (non-hydrogen) atoms. The Morgan fingerprint density at radius 2 is 2.05 bits per heavy atom. The van der Waals surface area contributed by atoms with Gasteiger partial charge >= 0.3 is 5.97 Å². The summed E-state index contributed by atoms with van der Waals surface area (Å²) in [7, 11) is 0. The molecular formula is C11H9Cl2N3O3. The largest absolute Gasteiger partial charge is 0.460 e. The van der Waals surface area contributed by atoms with Crippen molar-refractivity contribution >= 4 is 34.9 Å². The molecule has 2 rings (SSSR count). The molecule has 0 fully saturated rings. The Labute approximate surface area is 118 Å². The van der Waals surface area contributed by atoms with E-state index in [-0.39, 0.29) is 34.1 Å². The summed E-state index contributed by atoms with van der Waals surface area (Å²) in [5, 5.41) is 4.04. The highest BCUT2D eigenvalue weighted by Gasteiger charge is 2.18. The Morgan fingerprint density at radius 3 is 2.63 bits per heavy atom. The summed E-state index contributed by atoms with van der Waals surface area (Å²) in [5.74, 6) is -0.724. The molecule has 0 aliphatic carbocycles. The van der Waals surface area contributed by atoms with E-state index in [1.165, 1.54) is 12.1 Å². The summed E-state index contributed by atoms with van der Waals surface area (Å²) in [6, 6.07) is 3.04. The number of ether oxygens (including phenoxy) is 1. The molecule has 0 saturated heterocycles. The van der Waals surface area contributed by atoms with Crippen LogP contribution in [0.5, 0.6) is 0 Å². The summed E-state index contributed by atoms with van der Waals surface area (Å²) in [4.78, 5) is 15.3. The number of nitrogens with two attached hydrogens (primary N) is 1. The van der Waals surface area contributed by atoms with E-state index >= 15 is 0 Å². The van der Waals surface area contributed by atoms with E-state index in [2.05, 4.69) is 10.1 Å². The number of hydrogen-bond donors (Lipinski definition) is 1. The molecule has 6 nitrogen and oxygen atoms in total. The molecule has 0 radical (unpaired) electrons. The van der Waals surface area contributed by atoms with Gasteiger partial charge in [0, 0.05) is 5.56 Å². The van der Waals surface area contributed by atoms with E-state index in [9.17, 15) is 4.79 Å². The fourth-order valence-electron chi connectivity index (χ4n) is 1.33. The molecule has 0 spiro atoms. The highest BCUT2D eigenvalue weighted by Crippen LogP contribution is 2.32. The van der Waals surface area contributed by atoms with Gasteiger partial charge in [0.2, 0.25) is 0 Å². The predicted molar refractivity (Wildman–Crippen MR) is 70.1 cm³/mol. The third kappa shape index (κ3) is 2.80. The smallest absolute Gasteiger partial charge is 0.379 e. The average Bonchev–Trinajstić information content (AvgIpc) is 2.85. The van der Waals surface area contributed by atoms with E-state index in [0.717, 1.165) is 0 Å². The fourth-order valence-corrected chi connectivity index (χ4v) is 1.81. The van der Waals surface area contributed by atoms with E-state index in [1.807, 2.05) is 0 Å². The van der Waals surface area contributed by atoms with Crippen molar-refractivity contribution in [2.45, 2.75) is 6.92 Å². The van der Waals surface area contributed by atoms with Gasteiger partial charge in [-0.2, -0.15) is 4.98 Å². The lowest BCUT2D eigenvalue weighted by atomic mass is 10.2. The van der Waals surface area contributed by atoms with Gasteiger partial charge in [0.05, 0.1) is 22.3 Å². The molecule has 0 unspecified atom stereocenters. The van der Waals surface area contributed by atoms with Crippen molar-refractivity contribution < 1.29 is 14.1 Å². The lowest BCUT2D eigenvalue weighted by Gasteiger charge is -2.02. The molecule has 0 bridgehead atoms. The van der Waals surface area contributed by atoms with Crippen molar-refractivity contribution in [2.24, 2.45) is 0 Å². The minimum atomic E-state index is -0.662. The Kier molecular flexibility index (Phi) is 3.92. The lowest BCUT2D eigenvalue weighted by molar-refractivity contribution is 0.0508. The first-order chi connectivity index (χ1) is 9.02. The van der Waals surface area contributed by atoms with Gasteiger partial charge in [0.15, 0.2) is 0 Å². The second-order valence-electron chi connectivity index (χ2n) is 3.50. The van der Waals surface area contributed by atoms with Gasteiger partial charge in [0.1, 0.15) is 0 Å². The molecule has 100 valence electrons. The Balaban J connectivity index is 2.35. The molecule has 8 heteroatoms. The summed E-state index contributed by atoms with van der Waals surface area (Å²) in [6.45, 7) is 1.90. The number of anilines is 1. The number of benzene rings is 1. The molecule has 0 aliphatic rings. The first-order valence-corrected chi connectivity index (χ1v) is 6.04. The summed E-state index contributed by atoms with van der Waals surface area (Å²) >= 11 is 11.8. The predicted octanol–water partition coefficient (Wildman–Crippen LogP) is 2.80. The molecule has 1 aromatic heterocycles. The zero-order chi connectivity index (χ0) is 14.0. The summed E-state index contributed by atoms with van der Waals surface area (Å²) in [6.07, 6.45) is 0. The number of hydrogen-bond acceptors (Lipinski definition) is 6. The van der Waals surface area contributed by atoms with Gasteiger partial charge in [-0.25, -0.2) is 4.79 Å². The Hall–Kier alpha value is -1.79. The summed E-state index contributed by atoms with van der Waals surface area (Å²) in [5.41, 5.74) is 6.34. The second kappa shape index (κ2) is 5.46. The van der Waals surface area contributed by atoms with Crippen molar-refractivity contribution in [3.8, 4) is 11.5 Å². The van der Waals surface area contributed by atoms with Crippen LogP contribution in [0.15, 0.2) is 16.7 Å². The van der Waals surface area contributed by atoms with Crippen LogP contribution in [0.3, 0.4) is 0 Å². The molecule has 0 amide bonds. The van der Waals surface area contributed by atoms with Crippen LogP contribution in [0.1, 0.15) is 17.5 Å². The molecule has 0 saturated carbocycles. The van der Waals surface area contributed by atoms with Crippen molar-refractivity contribution in [1.29, 1.82) is 0 Å². The van der Waals surface area contributed by atoms with Crippen LogP contribution in [0.2, 0.25) is 10.0 Å². The van der Waals surface area contributed by atoms with Gasteiger partial charge in [-0.1, -0.05) is 23.2 Å². The van der Waals surface area contributed by atoms with Gasteiger partial charge in [0.25, 0.3) is 11.7 Å². The topological polar surface area (TPSA) is 91.2 Å². The molecular weight excluding hydrogens is 293 g/mol. The van der Waals surface area contributed by atoms with Gasteiger partial charge in [-0.15, -0.1) is 0 Å². The first-order valence-electron chi connectivity index (χ1n) is 5.28.